The van der Waals surface area contributed by atoms with Gasteiger partial charge in [-0.25, -0.2) is 4.39 Å². The number of halogens is 2. The summed E-state index contributed by atoms with van der Waals surface area (Å²) >= 11 is 5.79. The van der Waals surface area contributed by atoms with Gasteiger partial charge in [0.15, 0.2) is 0 Å². The van der Waals surface area contributed by atoms with Crippen LogP contribution >= 0.6 is 11.6 Å². The largest absolute Gasteiger partial charge is 0.373 e. The average molecular weight is 380 g/mol. The fourth-order valence-corrected chi connectivity index (χ4v) is 3.59. The number of carbonyl (C=O) groups excluding carboxylic acids is 1. The van der Waals surface area contributed by atoms with Crippen molar-refractivity contribution in [2.75, 3.05) is 25.6 Å². The molecular formula is C19H23ClFN3O2. The number of hydrogen-bond donors (Lipinski definition) is 0. The highest BCUT2D eigenvalue weighted by Crippen LogP contribution is 2.35. The highest BCUT2D eigenvalue weighted by molar-refractivity contribution is 6.27. The third-order valence-corrected chi connectivity index (χ3v) is 5.03. The first-order valence-corrected chi connectivity index (χ1v) is 9.29. The first-order chi connectivity index (χ1) is 12.6. The fourth-order valence-electron chi connectivity index (χ4n) is 3.42. The summed E-state index contributed by atoms with van der Waals surface area (Å²) in [5, 5.41) is 4.21. The molecule has 3 rings (SSSR count). The van der Waals surface area contributed by atoms with Gasteiger partial charge in [0, 0.05) is 44.4 Å². The number of ether oxygens (including phenoxy) is 1. The van der Waals surface area contributed by atoms with Crippen molar-refractivity contribution >= 4 is 17.5 Å². The van der Waals surface area contributed by atoms with Crippen molar-refractivity contribution in [3.63, 3.8) is 0 Å². The fraction of sp³-hybridized carbons (Fsp3) is 0.474. The molecule has 0 aliphatic carbocycles. The van der Waals surface area contributed by atoms with Gasteiger partial charge in [0.05, 0.1) is 12.3 Å². The lowest BCUT2D eigenvalue weighted by Crippen LogP contribution is -2.38. The Morgan fingerprint density at radius 1 is 1.46 bits per heavy atom. The van der Waals surface area contributed by atoms with E-state index in [9.17, 15) is 9.18 Å². The van der Waals surface area contributed by atoms with Crippen LogP contribution in [0.25, 0.3) is 0 Å². The van der Waals surface area contributed by atoms with Crippen LogP contribution in [0.15, 0.2) is 36.7 Å². The molecular weight excluding hydrogens is 357 g/mol. The Balaban J connectivity index is 1.67. The van der Waals surface area contributed by atoms with Crippen molar-refractivity contribution in [2.24, 2.45) is 13.0 Å². The number of aryl methyl sites for hydroxylation is 1. The highest BCUT2D eigenvalue weighted by atomic mass is 35.5. The number of aromatic nitrogens is 2. The summed E-state index contributed by atoms with van der Waals surface area (Å²) < 4.78 is 21.5. The second-order valence-electron chi connectivity index (χ2n) is 6.60. The van der Waals surface area contributed by atoms with E-state index in [4.69, 9.17) is 16.3 Å². The Morgan fingerprint density at radius 3 is 2.96 bits per heavy atom. The summed E-state index contributed by atoms with van der Waals surface area (Å²) in [7, 11) is 1.87. The normalized spacial score (nSPS) is 19.7. The maximum atomic E-state index is 13.9. The zero-order chi connectivity index (χ0) is 18.5. The van der Waals surface area contributed by atoms with Crippen molar-refractivity contribution in [3.05, 3.63) is 53.6 Å². The molecule has 26 heavy (non-hydrogen) atoms. The quantitative estimate of drug-likeness (QED) is 0.695. The van der Waals surface area contributed by atoms with Crippen molar-refractivity contribution in [2.45, 2.75) is 18.9 Å². The number of alkyl halides is 1. The number of rotatable bonds is 7. The summed E-state index contributed by atoms with van der Waals surface area (Å²) in [6.07, 6.45) is 4.99. The molecule has 1 aliphatic rings. The SMILES string of the molecule is Cn1cc(C2OCCC2CN(CCc2ccccc2F)C(=O)CCl)cn1. The van der Waals surface area contributed by atoms with Crippen LogP contribution in [0.5, 0.6) is 0 Å². The molecule has 1 saturated heterocycles. The Hall–Kier alpha value is -1.92. The van der Waals surface area contributed by atoms with E-state index in [0.29, 0.717) is 31.7 Å². The molecule has 2 aromatic rings. The Bertz CT molecular complexity index is 752. The van der Waals surface area contributed by atoms with Gasteiger partial charge in [-0.1, -0.05) is 18.2 Å². The van der Waals surface area contributed by atoms with E-state index in [-0.39, 0.29) is 29.6 Å². The average Bonchev–Trinajstić information content (AvgIpc) is 3.27. The molecule has 1 fully saturated rings. The van der Waals surface area contributed by atoms with Crippen LogP contribution in [-0.2, 0) is 23.0 Å². The first-order valence-electron chi connectivity index (χ1n) is 8.75. The number of hydrogen-bond acceptors (Lipinski definition) is 3. The van der Waals surface area contributed by atoms with Crippen LogP contribution in [-0.4, -0.2) is 46.2 Å². The van der Waals surface area contributed by atoms with Gasteiger partial charge >= 0.3 is 0 Å². The molecule has 1 aliphatic heterocycles. The minimum atomic E-state index is -0.247. The molecule has 1 aromatic heterocycles. The van der Waals surface area contributed by atoms with Gasteiger partial charge in [0.25, 0.3) is 0 Å². The lowest BCUT2D eigenvalue weighted by atomic mass is 9.96. The summed E-state index contributed by atoms with van der Waals surface area (Å²) in [4.78, 5) is 14.0. The molecule has 0 N–H and O–H groups in total. The van der Waals surface area contributed by atoms with E-state index in [1.54, 1.807) is 34.0 Å². The molecule has 2 unspecified atom stereocenters. The maximum Gasteiger partial charge on any atom is 0.237 e. The van der Waals surface area contributed by atoms with Crippen LogP contribution in [0.3, 0.4) is 0 Å². The molecule has 5 nitrogen and oxygen atoms in total. The second kappa shape index (κ2) is 8.64. The predicted octanol–water partition coefficient (Wildman–Crippen LogP) is 2.95. The molecule has 7 heteroatoms. The van der Waals surface area contributed by atoms with Gasteiger partial charge in [-0.3, -0.25) is 9.48 Å². The van der Waals surface area contributed by atoms with Gasteiger partial charge in [0.2, 0.25) is 5.91 Å². The van der Waals surface area contributed by atoms with Crippen LogP contribution in [0.4, 0.5) is 4.39 Å². The number of benzene rings is 1. The summed E-state index contributed by atoms with van der Waals surface area (Å²) in [6.45, 7) is 1.63. The van der Waals surface area contributed by atoms with Gasteiger partial charge < -0.3 is 9.64 Å². The zero-order valence-corrected chi connectivity index (χ0v) is 15.5. The van der Waals surface area contributed by atoms with Crippen LogP contribution < -0.4 is 0 Å². The van der Waals surface area contributed by atoms with Crippen molar-refractivity contribution in [1.82, 2.24) is 14.7 Å². The topological polar surface area (TPSA) is 47.4 Å². The lowest BCUT2D eigenvalue weighted by molar-refractivity contribution is -0.129. The Morgan fingerprint density at radius 2 is 2.27 bits per heavy atom. The molecule has 2 heterocycles. The van der Waals surface area contributed by atoms with Gasteiger partial charge in [-0.05, 0) is 24.5 Å². The lowest BCUT2D eigenvalue weighted by Gasteiger charge is -2.27. The number of amides is 1. The van der Waals surface area contributed by atoms with Gasteiger partial charge in [-0.2, -0.15) is 5.10 Å². The monoisotopic (exact) mass is 379 g/mol. The van der Waals surface area contributed by atoms with Crippen LogP contribution in [0.1, 0.15) is 23.7 Å². The minimum absolute atomic E-state index is 0.0808. The smallest absolute Gasteiger partial charge is 0.237 e. The van der Waals surface area contributed by atoms with Gasteiger partial charge in [-0.15, -0.1) is 11.6 Å². The highest BCUT2D eigenvalue weighted by Gasteiger charge is 2.33. The summed E-state index contributed by atoms with van der Waals surface area (Å²) in [6, 6.07) is 6.65. The third kappa shape index (κ3) is 4.43. The van der Waals surface area contributed by atoms with Crippen molar-refractivity contribution in [1.29, 1.82) is 0 Å². The van der Waals surface area contributed by atoms with Gasteiger partial charge in [0.1, 0.15) is 11.7 Å². The molecule has 0 saturated carbocycles. The van der Waals surface area contributed by atoms with E-state index in [1.165, 1.54) is 6.07 Å². The predicted molar refractivity (Wildman–Crippen MR) is 97.4 cm³/mol. The standard InChI is InChI=1S/C19H23ClFN3O2/c1-23-12-16(11-22-23)19-15(7-9-26-19)13-24(18(25)10-20)8-6-14-4-2-3-5-17(14)21/h2-5,11-12,15,19H,6-10,13H2,1H3. The van der Waals surface area contributed by atoms with E-state index in [1.807, 2.05) is 13.2 Å². The van der Waals surface area contributed by atoms with Crippen molar-refractivity contribution < 1.29 is 13.9 Å². The number of nitrogens with zero attached hydrogens (tertiary/aromatic N) is 3. The van der Waals surface area contributed by atoms with Crippen LogP contribution in [0, 0.1) is 11.7 Å². The van der Waals surface area contributed by atoms with Crippen LogP contribution in [0.2, 0.25) is 0 Å². The zero-order valence-electron chi connectivity index (χ0n) is 14.8. The van der Waals surface area contributed by atoms with E-state index in [0.717, 1.165) is 12.0 Å². The van der Waals surface area contributed by atoms with Crippen molar-refractivity contribution in [3.8, 4) is 0 Å². The molecule has 0 radical (unpaired) electrons. The van der Waals surface area contributed by atoms with E-state index in [2.05, 4.69) is 5.10 Å². The molecule has 1 aromatic carbocycles. The molecule has 1 amide bonds. The Labute approximate surface area is 157 Å². The molecule has 2 atom stereocenters. The van der Waals surface area contributed by atoms with E-state index < -0.39 is 0 Å². The molecule has 140 valence electrons. The first kappa shape index (κ1) is 18.9. The second-order valence-corrected chi connectivity index (χ2v) is 6.87. The maximum absolute atomic E-state index is 13.9. The molecule has 0 bridgehead atoms. The Kier molecular flexibility index (Phi) is 6.27. The molecule has 0 spiro atoms. The minimum Gasteiger partial charge on any atom is -0.373 e. The van der Waals surface area contributed by atoms with E-state index >= 15 is 0 Å². The third-order valence-electron chi connectivity index (χ3n) is 4.80. The summed E-state index contributed by atoms with van der Waals surface area (Å²) in [5.74, 6) is -0.294. The number of carbonyl (C=O) groups is 1. The summed E-state index contributed by atoms with van der Waals surface area (Å²) in [5.41, 5.74) is 1.62.